The lowest BCUT2D eigenvalue weighted by molar-refractivity contribution is 0.275. The van der Waals surface area contributed by atoms with Gasteiger partial charge < -0.3 is 5.32 Å². The maximum atomic E-state index is 4.14. The fraction of sp³-hybridized carbons (Fsp3) is 0.750. The predicted molar refractivity (Wildman–Crippen MR) is 80.9 cm³/mol. The molecule has 1 aromatic heterocycles. The monoisotopic (exact) mass is 263 g/mol. The van der Waals surface area contributed by atoms with Crippen LogP contribution >= 0.6 is 0 Å². The van der Waals surface area contributed by atoms with Crippen molar-refractivity contribution in [1.29, 1.82) is 0 Å². The minimum Gasteiger partial charge on any atom is -0.310 e. The Balaban J connectivity index is 2.65. The molecule has 1 heterocycles. The summed E-state index contributed by atoms with van der Waals surface area (Å²) in [7, 11) is 0. The van der Waals surface area contributed by atoms with Gasteiger partial charge >= 0.3 is 0 Å². The van der Waals surface area contributed by atoms with Gasteiger partial charge in [0.25, 0.3) is 0 Å². The summed E-state index contributed by atoms with van der Waals surface area (Å²) < 4.78 is 0. The molecule has 108 valence electrons. The third kappa shape index (κ3) is 6.67. The number of aromatic nitrogens is 2. The largest absolute Gasteiger partial charge is 0.310 e. The maximum Gasteiger partial charge on any atom is 0.115 e. The molecule has 1 aromatic rings. The quantitative estimate of drug-likeness (QED) is 0.808. The van der Waals surface area contributed by atoms with E-state index in [0.717, 1.165) is 19.4 Å². The molecule has 0 saturated carbocycles. The van der Waals surface area contributed by atoms with Crippen LogP contribution in [0.15, 0.2) is 18.7 Å². The molecular weight excluding hydrogens is 234 g/mol. The predicted octanol–water partition coefficient (Wildman–Crippen LogP) is 3.98. The van der Waals surface area contributed by atoms with E-state index in [1.54, 1.807) is 6.33 Å². The van der Waals surface area contributed by atoms with Crippen LogP contribution in [0.2, 0.25) is 0 Å². The van der Waals surface area contributed by atoms with Gasteiger partial charge in [0.15, 0.2) is 0 Å². The van der Waals surface area contributed by atoms with Crippen molar-refractivity contribution in [2.45, 2.75) is 59.9 Å². The highest BCUT2D eigenvalue weighted by molar-refractivity contribution is 5.09. The Labute approximate surface area is 118 Å². The summed E-state index contributed by atoms with van der Waals surface area (Å²) in [6.45, 7) is 12.5. The van der Waals surface area contributed by atoms with E-state index in [1.807, 2.05) is 12.4 Å². The fourth-order valence-corrected chi connectivity index (χ4v) is 2.68. The van der Waals surface area contributed by atoms with Gasteiger partial charge in [0.05, 0.1) is 0 Å². The number of nitrogens with one attached hydrogen (secondary N) is 1. The van der Waals surface area contributed by atoms with Gasteiger partial charge in [0.1, 0.15) is 6.33 Å². The zero-order valence-corrected chi connectivity index (χ0v) is 13.1. The second kappa shape index (κ2) is 7.59. The van der Waals surface area contributed by atoms with Gasteiger partial charge in [0.2, 0.25) is 0 Å². The molecule has 19 heavy (non-hydrogen) atoms. The molecule has 0 bridgehead atoms. The highest BCUT2D eigenvalue weighted by Crippen LogP contribution is 2.30. The number of hydrogen-bond donors (Lipinski definition) is 1. The molecule has 0 aromatic carbocycles. The van der Waals surface area contributed by atoms with Crippen LogP contribution in [0.3, 0.4) is 0 Å². The Morgan fingerprint density at radius 3 is 2.37 bits per heavy atom. The molecule has 1 N–H and O–H groups in total. The molecule has 2 atom stereocenters. The molecule has 0 aliphatic carbocycles. The van der Waals surface area contributed by atoms with Crippen LogP contribution in [0.4, 0.5) is 0 Å². The topological polar surface area (TPSA) is 37.8 Å². The van der Waals surface area contributed by atoms with Crippen LogP contribution in [-0.2, 0) is 0 Å². The Bertz CT molecular complexity index is 343. The second-order valence-electron chi connectivity index (χ2n) is 6.78. The summed E-state index contributed by atoms with van der Waals surface area (Å²) in [5, 5.41) is 3.62. The first-order chi connectivity index (χ1) is 8.92. The van der Waals surface area contributed by atoms with Gasteiger partial charge in [-0.15, -0.1) is 0 Å². The highest BCUT2D eigenvalue weighted by Gasteiger charge is 2.20. The molecule has 0 aliphatic heterocycles. The fourth-order valence-electron chi connectivity index (χ4n) is 2.68. The van der Waals surface area contributed by atoms with Gasteiger partial charge in [-0.3, -0.25) is 0 Å². The zero-order valence-electron chi connectivity index (χ0n) is 13.1. The maximum absolute atomic E-state index is 4.14. The summed E-state index contributed by atoms with van der Waals surface area (Å²) in [5.41, 5.74) is 1.60. The Hall–Kier alpha value is -0.960. The van der Waals surface area contributed by atoms with Gasteiger partial charge in [-0.1, -0.05) is 34.6 Å². The third-order valence-electron chi connectivity index (χ3n) is 3.22. The zero-order chi connectivity index (χ0) is 14.3. The van der Waals surface area contributed by atoms with Gasteiger partial charge in [-0.2, -0.15) is 0 Å². The molecule has 0 amide bonds. The van der Waals surface area contributed by atoms with Crippen LogP contribution in [0.1, 0.15) is 65.5 Å². The first-order valence-electron chi connectivity index (χ1n) is 7.40. The first-order valence-corrected chi connectivity index (χ1v) is 7.40. The SMILES string of the molecule is CCCNC(CC(C)CC(C)(C)C)c1cncnc1. The first kappa shape index (κ1) is 16.1. The van der Waals surface area contributed by atoms with E-state index in [0.29, 0.717) is 17.4 Å². The van der Waals surface area contributed by atoms with E-state index in [9.17, 15) is 0 Å². The summed E-state index contributed by atoms with van der Waals surface area (Å²) >= 11 is 0. The van der Waals surface area contributed by atoms with Crippen molar-refractivity contribution in [3.05, 3.63) is 24.3 Å². The lowest BCUT2D eigenvalue weighted by Crippen LogP contribution is -2.25. The van der Waals surface area contributed by atoms with E-state index < -0.39 is 0 Å². The summed E-state index contributed by atoms with van der Waals surface area (Å²) in [6, 6.07) is 0.374. The van der Waals surface area contributed by atoms with Crippen LogP contribution in [-0.4, -0.2) is 16.5 Å². The van der Waals surface area contributed by atoms with Crippen molar-refractivity contribution in [3.8, 4) is 0 Å². The summed E-state index contributed by atoms with van der Waals surface area (Å²) in [5.74, 6) is 0.689. The minimum absolute atomic E-state index is 0.374. The second-order valence-corrected chi connectivity index (χ2v) is 6.78. The molecule has 3 nitrogen and oxygen atoms in total. The number of hydrogen-bond acceptors (Lipinski definition) is 3. The molecule has 1 rings (SSSR count). The molecule has 0 spiro atoms. The average Bonchev–Trinajstić information content (AvgIpc) is 2.33. The Kier molecular flexibility index (Phi) is 6.43. The van der Waals surface area contributed by atoms with Crippen molar-refractivity contribution in [2.75, 3.05) is 6.54 Å². The average molecular weight is 263 g/mol. The smallest absolute Gasteiger partial charge is 0.115 e. The van der Waals surface area contributed by atoms with Crippen LogP contribution in [0.5, 0.6) is 0 Å². The number of rotatable bonds is 7. The van der Waals surface area contributed by atoms with E-state index in [2.05, 4.69) is 49.9 Å². The van der Waals surface area contributed by atoms with E-state index >= 15 is 0 Å². The van der Waals surface area contributed by atoms with E-state index in [4.69, 9.17) is 0 Å². The van der Waals surface area contributed by atoms with Crippen molar-refractivity contribution in [3.63, 3.8) is 0 Å². The van der Waals surface area contributed by atoms with Gasteiger partial charge in [-0.25, -0.2) is 9.97 Å². The van der Waals surface area contributed by atoms with Crippen LogP contribution in [0.25, 0.3) is 0 Å². The lowest BCUT2D eigenvalue weighted by atomic mass is 9.82. The third-order valence-corrected chi connectivity index (χ3v) is 3.22. The molecule has 2 unspecified atom stereocenters. The summed E-state index contributed by atoms with van der Waals surface area (Å²) in [4.78, 5) is 8.29. The molecule has 0 saturated heterocycles. The van der Waals surface area contributed by atoms with Crippen LogP contribution in [0, 0.1) is 11.3 Å². The Morgan fingerprint density at radius 2 is 1.84 bits per heavy atom. The minimum atomic E-state index is 0.374. The normalized spacial score (nSPS) is 15.2. The van der Waals surface area contributed by atoms with Crippen molar-refractivity contribution < 1.29 is 0 Å². The van der Waals surface area contributed by atoms with Gasteiger partial charge in [0, 0.05) is 24.0 Å². The molecule has 0 radical (unpaired) electrons. The lowest BCUT2D eigenvalue weighted by Gasteiger charge is -2.27. The molecular formula is C16H29N3. The Morgan fingerprint density at radius 1 is 1.21 bits per heavy atom. The van der Waals surface area contributed by atoms with E-state index in [1.165, 1.54) is 12.0 Å². The van der Waals surface area contributed by atoms with E-state index in [-0.39, 0.29) is 0 Å². The van der Waals surface area contributed by atoms with Crippen molar-refractivity contribution in [2.24, 2.45) is 11.3 Å². The molecule has 0 aliphatic rings. The number of nitrogens with zero attached hydrogens (tertiary/aromatic N) is 2. The van der Waals surface area contributed by atoms with Crippen LogP contribution < -0.4 is 5.32 Å². The standard InChI is InChI=1S/C16H29N3/c1-6-7-19-15(14-10-17-12-18-11-14)8-13(2)9-16(3,4)5/h10-13,15,19H,6-9H2,1-5H3. The highest BCUT2D eigenvalue weighted by atomic mass is 14.9. The molecule has 3 heteroatoms. The van der Waals surface area contributed by atoms with Crippen molar-refractivity contribution >= 4 is 0 Å². The van der Waals surface area contributed by atoms with Gasteiger partial charge in [-0.05, 0) is 37.1 Å². The molecule has 0 fully saturated rings. The summed E-state index contributed by atoms with van der Waals surface area (Å²) in [6.07, 6.45) is 9.00. The van der Waals surface area contributed by atoms with Crippen molar-refractivity contribution in [1.82, 2.24) is 15.3 Å².